The fourth-order valence-electron chi connectivity index (χ4n) is 2.90. The number of hydrogen-bond donors (Lipinski definition) is 2. The highest BCUT2D eigenvalue weighted by Crippen LogP contribution is 2.31. The number of methoxy groups -OCH3 is 2. The Labute approximate surface area is 201 Å². The summed E-state index contributed by atoms with van der Waals surface area (Å²) < 4.78 is 10.8. The van der Waals surface area contributed by atoms with E-state index in [1.54, 1.807) is 32.6 Å². The first-order valence-electron chi connectivity index (χ1n) is 9.66. The second-order valence-corrected chi connectivity index (χ2v) is 8.16. The van der Waals surface area contributed by atoms with Gasteiger partial charge < -0.3 is 25.0 Å². The summed E-state index contributed by atoms with van der Waals surface area (Å²) in [6.45, 7) is 5.65. The molecule has 0 aliphatic rings. The summed E-state index contributed by atoms with van der Waals surface area (Å²) in [5, 5.41) is 9.94. The zero-order valence-electron chi connectivity index (χ0n) is 18.9. The van der Waals surface area contributed by atoms with Gasteiger partial charge in [-0.05, 0) is 37.7 Å². The van der Waals surface area contributed by atoms with Crippen molar-refractivity contribution in [2.45, 2.75) is 32.4 Å². The lowest BCUT2D eigenvalue weighted by molar-refractivity contribution is 0.295. The Morgan fingerprint density at radius 2 is 1.87 bits per heavy atom. The molecule has 30 heavy (non-hydrogen) atoms. The number of nitrogens with one attached hydrogen (secondary N) is 2. The fraction of sp³-hybridized carbons (Fsp3) is 0.524. The third-order valence-electron chi connectivity index (χ3n) is 4.67. The predicted molar refractivity (Wildman–Crippen MR) is 136 cm³/mol. The third kappa shape index (κ3) is 7.28. The highest BCUT2D eigenvalue weighted by molar-refractivity contribution is 14.0. The molecule has 1 heterocycles. The van der Waals surface area contributed by atoms with Gasteiger partial charge in [-0.3, -0.25) is 4.99 Å². The second kappa shape index (κ2) is 13.0. The number of rotatable bonds is 9. The van der Waals surface area contributed by atoms with Crippen molar-refractivity contribution in [3.05, 3.63) is 39.8 Å². The van der Waals surface area contributed by atoms with Crippen molar-refractivity contribution < 1.29 is 9.47 Å². The molecule has 2 rings (SSSR count). The number of aromatic nitrogens is 1. The lowest BCUT2D eigenvalue weighted by atomic mass is 10.1. The molecule has 1 aromatic heterocycles. The van der Waals surface area contributed by atoms with Crippen molar-refractivity contribution in [1.82, 2.24) is 20.5 Å². The fourth-order valence-corrected chi connectivity index (χ4v) is 3.80. The zero-order chi connectivity index (χ0) is 21.4. The first-order chi connectivity index (χ1) is 13.9. The van der Waals surface area contributed by atoms with E-state index in [1.807, 2.05) is 12.1 Å². The van der Waals surface area contributed by atoms with E-state index in [1.165, 1.54) is 0 Å². The summed E-state index contributed by atoms with van der Waals surface area (Å²) in [7, 11) is 9.19. The van der Waals surface area contributed by atoms with Gasteiger partial charge in [0.25, 0.3) is 0 Å². The Kier molecular flexibility index (Phi) is 11.4. The smallest absolute Gasteiger partial charge is 0.191 e. The lowest BCUT2D eigenvalue weighted by Gasteiger charge is -2.26. The molecular weight excluding hydrogens is 513 g/mol. The summed E-state index contributed by atoms with van der Waals surface area (Å²) in [4.78, 5) is 11.2. The van der Waals surface area contributed by atoms with Crippen LogP contribution in [0.3, 0.4) is 0 Å². The Morgan fingerprint density at radius 3 is 2.40 bits per heavy atom. The minimum absolute atomic E-state index is 0. The molecule has 0 aliphatic carbocycles. The maximum absolute atomic E-state index is 5.45. The number of thiazole rings is 1. The number of guanidine groups is 1. The van der Waals surface area contributed by atoms with Crippen LogP contribution in [0.4, 0.5) is 0 Å². The van der Waals surface area contributed by atoms with Crippen molar-refractivity contribution in [2.75, 3.05) is 41.9 Å². The maximum atomic E-state index is 5.45. The average molecular weight is 548 g/mol. The van der Waals surface area contributed by atoms with E-state index >= 15 is 0 Å². The molecule has 0 saturated carbocycles. The molecule has 2 N–H and O–H groups in total. The van der Waals surface area contributed by atoms with Gasteiger partial charge in [0.15, 0.2) is 17.5 Å². The second-order valence-electron chi connectivity index (χ2n) is 7.22. The number of ether oxygens (including phenoxy) is 2. The third-order valence-corrected chi connectivity index (χ3v) is 5.54. The minimum Gasteiger partial charge on any atom is -0.493 e. The van der Waals surface area contributed by atoms with Crippen LogP contribution in [0.5, 0.6) is 11.5 Å². The minimum atomic E-state index is 0. The van der Waals surface area contributed by atoms with Crippen LogP contribution in [0.15, 0.2) is 28.6 Å². The van der Waals surface area contributed by atoms with Gasteiger partial charge in [-0.15, -0.1) is 35.3 Å². The first-order valence-corrected chi connectivity index (χ1v) is 10.5. The summed E-state index contributed by atoms with van der Waals surface area (Å²) in [5.74, 6) is 2.64. The van der Waals surface area contributed by atoms with Gasteiger partial charge in [0, 0.05) is 19.0 Å². The SMILES string of the molecule is CN=C(NCc1nc(C(C)C)cs1)NCC(c1ccc(OC)c(OC)c1)N(C)C.I. The number of likely N-dealkylation sites (N-methyl/N-ethyl adjacent to an activating group) is 1. The molecular formula is C21H34IN5O2S. The molecule has 168 valence electrons. The molecule has 1 unspecified atom stereocenters. The number of hydrogen-bond acceptors (Lipinski definition) is 6. The molecule has 0 radical (unpaired) electrons. The van der Waals surface area contributed by atoms with Crippen LogP contribution in [0.25, 0.3) is 0 Å². The molecule has 2 aromatic rings. The summed E-state index contributed by atoms with van der Waals surface area (Å²) in [6, 6.07) is 6.16. The zero-order valence-corrected chi connectivity index (χ0v) is 22.0. The van der Waals surface area contributed by atoms with Gasteiger partial charge in [0.1, 0.15) is 5.01 Å². The first kappa shape index (κ1) is 26.4. The molecule has 0 aliphatic heterocycles. The quantitative estimate of drug-likeness (QED) is 0.282. The Balaban J connectivity index is 0.00000450. The van der Waals surface area contributed by atoms with Gasteiger partial charge in [0.05, 0.1) is 32.5 Å². The number of halogens is 1. The Morgan fingerprint density at radius 1 is 1.17 bits per heavy atom. The van der Waals surface area contributed by atoms with Crippen LogP contribution < -0.4 is 20.1 Å². The van der Waals surface area contributed by atoms with Crippen LogP contribution in [0.2, 0.25) is 0 Å². The highest BCUT2D eigenvalue weighted by atomic mass is 127. The van der Waals surface area contributed by atoms with Crippen molar-refractivity contribution in [1.29, 1.82) is 0 Å². The van der Waals surface area contributed by atoms with E-state index in [0.29, 0.717) is 19.0 Å². The van der Waals surface area contributed by atoms with Gasteiger partial charge in [0.2, 0.25) is 0 Å². The largest absolute Gasteiger partial charge is 0.493 e. The summed E-state index contributed by atoms with van der Waals surface area (Å²) in [6.07, 6.45) is 0. The summed E-state index contributed by atoms with van der Waals surface area (Å²) >= 11 is 1.67. The molecule has 7 nitrogen and oxygen atoms in total. The monoisotopic (exact) mass is 547 g/mol. The van der Waals surface area contributed by atoms with Crippen molar-refractivity contribution in [2.24, 2.45) is 4.99 Å². The van der Waals surface area contributed by atoms with Gasteiger partial charge in [-0.1, -0.05) is 19.9 Å². The predicted octanol–water partition coefficient (Wildman–Crippen LogP) is 3.87. The standard InChI is InChI=1S/C21H33N5O2S.HI/c1-14(2)16-13-29-20(25-16)12-24-21(22-3)23-11-17(26(4)5)15-8-9-18(27-6)19(10-15)28-7;/h8-10,13-14,17H,11-12H2,1-7H3,(H2,22,23,24);1H. The van der Waals surface area contributed by atoms with Crippen molar-refractivity contribution in [3.8, 4) is 11.5 Å². The van der Waals surface area contributed by atoms with Gasteiger partial charge in [-0.2, -0.15) is 0 Å². The molecule has 0 saturated heterocycles. The molecule has 0 amide bonds. The van der Waals surface area contributed by atoms with Crippen molar-refractivity contribution in [3.63, 3.8) is 0 Å². The van der Waals surface area contributed by atoms with Crippen LogP contribution >= 0.6 is 35.3 Å². The van der Waals surface area contributed by atoms with E-state index in [-0.39, 0.29) is 30.0 Å². The topological polar surface area (TPSA) is 71.0 Å². The maximum Gasteiger partial charge on any atom is 0.191 e. The molecule has 9 heteroatoms. The summed E-state index contributed by atoms with van der Waals surface area (Å²) in [5.41, 5.74) is 2.27. The number of aliphatic imine (C=N–C) groups is 1. The molecule has 0 bridgehead atoms. The molecule has 0 spiro atoms. The highest BCUT2D eigenvalue weighted by Gasteiger charge is 2.17. The Hall–Kier alpha value is -1.59. The van der Waals surface area contributed by atoms with Crippen LogP contribution in [0.1, 0.15) is 42.1 Å². The van der Waals surface area contributed by atoms with E-state index in [4.69, 9.17) is 9.47 Å². The molecule has 0 fully saturated rings. The van der Waals surface area contributed by atoms with E-state index in [9.17, 15) is 0 Å². The Bertz CT molecular complexity index is 810. The van der Waals surface area contributed by atoms with E-state index in [0.717, 1.165) is 33.7 Å². The average Bonchev–Trinajstić information content (AvgIpc) is 3.19. The van der Waals surface area contributed by atoms with Crippen LogP contribution in [-0.4, -0.2) is 57.8 Å². The van der Waals surface area contributed by atoms with E-state index < -0.39 is 0 Å². The van der Waals surface area contributed by atoms with Crippen molar-refractivity contribution >= 4 is 41.3 Å². The molecule has 1 atom stereocenters. The van der Waals surface area contributed by atoms with Crippen LogP contribution in [0, 0.1) is 0 Å². The normalized spacial score (nSPS) is 12.5. The van der Waals surface area contributed by atoms with Gasteiger partial charge >= 0.3 is 0 Å². The number of nitrogens with zero attached hydrogens (tertiary/aromatic N) is 3. The van der Waals surface area contributed by atoms with E-state index in [2.05, 4.69) is 64.9 Å². The lowest BCUT2D eigenvalue weighted by Crippen LogP contribution is -2.41. The van der Waals surface area contributed by atoms with Crippen LogP contribution in [-0.2, 0) is 6.54 Å². The molecule has 1 aromatic carbocycles. The van der Waals surface area contributed by atoms with Gasteiger partial charge in [-0.25, -0.2) is 4.98 Å². The number of benzene rings is 1.